The van der Waals surface area contributed by atoms with Gasteiger partial charge in [0.25, 0.3) is 5.91 Å². The number of benzene rings is 2. The second-order valence-electron chi connectivity index (χ2n) is 6.31. The highest BCUT2D eigenvalue weighted by atomic mass is 16.2. The molecule has 2 aromatic rings. The van der Waals surface area contributed by atoms with Crippen LogP contribution in [0.25, 0.3) is 11.6 Å². The molecule has 0 radical (unpaired) electrons. The molecule has 1 saturated heterocycles. The highest BCUT2D eigenvalue weighted by Gasteiger charge is 2.24. The van der Waals surface area contributed by atoms with Crippen LogP contribution in [0.5, 0.6) is 0 Å². The van der Waals surface area contributed by atoms with Gasteiger partial charge >= 0.3 is 0 Å². The van der Waals surface area contributed by atoms with Gasteiger partial charge < -0.3 is 10.2 Å². The molecule has 0 aromatic heterocycles. The van der Waals surface area contributed by atoms with Crippen molar-refractivity contribution in [2.75, 3.05) is 23.3 Å². The van der Waals surface area contributed by atoms with Crippen LogP contribution in [0.15, 0.2) is 42.5 Å². The van der Waals surface area contributed by atoms with Crippen LogP contribution in [0.2, 0.25) is 0 Å². The van der Waals surface area contributed by atoms with E-state index in [4.69, 9.17) is 0 Å². The maximum atomic E-state index is 12.4. The lowest BCUT2D eigenvalue weighted by atomic mass is 10.0. The van der Waals surface area contributed by atoms with Crippen molar-refractivity contribution in [2.45, 2.75) is 19.8 Å². The molecule has 2 heterocycles. The van der Waals surface area contributed by atoms with Crippen LogP contribution < -0.4 is 10.2 Å². The molecule has 1 amide bonds. The summed E-state index contributed by atoms with van der Waals surface area (Å²) >= 11 is 0. The van der Waals surface area contributed by atoms with Gasteiger partial charge in [0.05, 0.1) is 0 Å². The first-order chi connectivity index (χ1) is 11.2. The van der Waals surface area contributed by atoms with Crippen LogP contribution >= 0.6 is 0 Å². The molecule has 0 unspecified atom stereocenters. The predicted octanol–water partition coefficient (Wildman–Crippen LogP) is 4.09. The van der Waals surface area contributed by atoms with Crippen LogP contribution in [0.4, 0.5) is 11.4 Å². The molecule has 3 nitrogen and oxygen atoms in total. The third-order valence-corrected chi connectivity index (χ3v) is 4.64. The van der Waals surface area contributed by atoms with Crippen molar-refractivity contribution in [1.82, 2.24) is 0 Å². The molecule has 0 bridgehead atoms. The van der Waals surface area contributed by atoms with E-state index < -0.39 is 0 Å². The van der Waals surface area contributed by atoms with E-state index in [9.17, 15) is 4.79 Å². The number of amides is 1. The molecule has 1 N–H and O–H groups in total. The second-order valence-corrected chi connectivity index (χ2v) is 6.31. The van der Waals surface area contributed by atoms with Crippen LogP contribution in [-0.2, 0) is 4.79 Å². The zero-order valence-corrected chi connectivity index (χ0v) is 13.3. The standard InChI is InChI=1S/C20H20N2O/c1-14-8-9-16-17(20(23)21-18(16)12-14)13-15-6-2-3-7-19(15)22-10-4-5-11-22/h2-3,6-9,12-13H,4-5,10-11H2,1H3,(H,21,23)/b17-13+. The Kier molecular flexibility index (Phi) is 3.41. The first-order valence-electron chi connectivity index (χ1n) is 8.20. The quantitative estimate of drug-likeness (QED) is 0.848. The minimum atomic E-state index is -0.0122. The number of hydrogen-bond donors (Lipinski definition) is 1. The first-order valence-corrected chi connectivity index (χ1v) is 8.20. The van der Waals surface area contributed by atoms with E-state index in [2.05, 4.69) is 34.5 Å². The van der Waals surface area contributed by atoms with Crippen LogP contribution in [0.3, 0.4) is 0 Å². The molecule has 0 saturated carbocycles. The smallest absolute Gasteiger partial charge is 0.256 e. The molecule has 1 fully saturated rings. The fourth-order valence-electron chi connectivity index (χ4n) is 3.46. The fraction of sp³-hybridized carbons (Fsp3) is 0.250. The van der Waals surface area contributed by atoms with Gasteiger partial charge in [-0.3, -0.25) is 4.79 Å². The van der Waals surface area contributed by atoms with E-state index in [-0.39, 0.29) is 5.91 Å². The molecule has 23 heavy (non-hydrogen) atoms. The largest absolute Gasteiger partial charge is 0.371 e. The fourth-order valence-corrected chi connectivity index (χ4v) is 3.46. The number of rotatable bonds is 2. The van der Waals surface area contributed by atoms with Crippen LogP contribution in [-0.4, -0.2) is 19.0 Å². The monoisotopic (exact) mass is 304 g/mol. The minimum absolute atomic E-state index is 0.0122. The molecular weight excluding hydrogens is 284 g/mol. The van der Waals surface area contributed by atoms with E-state index in [1.165, 1.54) is 18.5 Å². The van der Waals surface area contributed by atoms with Crippen molar-refractivity contribution < 1.29 is 4.79 Å². The molecule has 116 valence electrons. The summed E-state index contributed by atoms with van der Waals surface area (Å²) in [6, 6.07) is 14.5. The number of fused-ring (bicyclic) bond motifs is 1. The molecular formula is C20H20N2O. The van der Waals surface area contributed by atoms with Crippen molar-refractivity contribution >= 4 is 28.9 Å². The molecule has 3 heteroatoms. The Morgan fingerprint density at radius 1 is 1.09 bits per heavy atom. The Morgan fingerprint density at radius 3 is 2.70 bits per heavy atom. The summed E-state index contributed by atoms with van der Waals surface area (Å²) in [6.45, 7) is 4.24. The lowest BCUT2D eigenvalue weighted by Crippen LogP contribution is -2.18. The SMILES string of the molecule is Cc1ccc2c(c1)NC(=O)/C2=C/c1ccccc1N1CCCC1. The third-order valence-electron chi connectivity index (χ3n) is 4.64. The molecule has 4 rings (SSSR count). The zero-order chi connectivity index (χ0) is 15.8. The summed E-state index contributed by atoms with van der Waals surface area (Å²) in [6.07, 6.45) is 4.52. The summed E-state index contributed by atoms with van der Waals surface area (Å²) in [5.74, 6) is -0.0122. The summed E-state index contributed by atoms with van der Waals surface area (Å²) < 4.78 is 0. The Hall–Kier alpha value is -2.55. The zero-order valence-electron chi connectivity index (χ0n) is 13.3. The van der Waals surface area contributed by atoms with E-state index in [0.717, 1.165) is 41.0 Å². The third kappa shape index (κ3) is 2.52. The van der Waals surface area contributed by atoms with Crippen molar-refractivity contribution in [1.29, 1.82) is 0 Å². The summed E-state index contributed by atoms with van der Waals surface area (Å²) in [4.78, 5) is 14.8. The van der Waals surface area contributed by atoms with Gasteiger partial charge in [-0.15, -0.1) is 0 Å². The molecule has 0 aliphatic carbocycles. The number of aryl methyl sites for hydroxylation is 1. The van der Waals surface area contributed by atoms with Gasteiger partial charge in [0.2, 0.25) is 0 Å². The number of anilines is 2. The minimum Gasteiger partial charge on any atom is -0.371 e. The number of carbonyl (C=O) groups excluding carboxylic acids is 1. The maximum Gasteiger partial charge on any atom is 0.256 e. The molecule has 0 spiro atoms. The highest BCUT2D eigenvalue weighted by molar-refractivity contribution is 6.35. The topological polar surface area (TPSA) is 32.3 Å². The predicted molar refractivity (Wildman–Crippen MR) is 95.6 cm³/mol. The first kappa shape index (κ1) is 14.1. The lowest BCUT2D eigenvalue weighted by molar-refractivity contribution is -0.110. The maximum absolute atomic E-state index is 12.4. The van der Waals surface area contributed by atoms with Gasteiger partial charge in [-0.25, -0.2) is 0 Å². The van der Waals surface area contributed by atoms with Crippen molar-refractivity contribution in [3.8, 4) is 0 Å². The van der Waals surface area contributed by atoms with Crippen LogP contribution in [0, 0.1) is 6.92 Å². The van der Waals surface area contributed by atoms with E-state index >= 15 is 0 Å². The van der Waals surface area contributed by atoms with Crippen LogP contribution in [0.1, 0.15) is 29.5 Å². The Balaban J connectivity index is 1.78. The summed E-state index contributed by atoms with van der Waals surface area (Å²) in [7, 11) is 0. The number of hydrogen-bond acceptors (Lipinski definition) is 2. The molecule has 2 aliphatic rings. The molecule has 2 aromatic carbocycles. The van der Waals surface area contributed by atoms with Gasteiger partial charge in [0.15, 0.2) is 0 Å². The number of carbonyl (C=O) groups is 1. The van der Waals surface area contributed by atoms with E-state index in [1.54, 1.807) is 0 Å². The average molecular weight is 304 g/mol. The normalized spacial score (nSPS) is 18.4. The van der Waals surface area contributed by atoms with E-state index in [0.29, 0.717) is 0 Å². The van der Waals surface area contributed by atoms with Gasteiger partial charge in [-0.05, 0) is 49.1 Å². The number of nitrogens with one attached hydrogen (secondary N) is 1. The van der Waals surface area contributed by atoms with Crippen molar-refractivity contribution in [2.24, 2.45) is 0 Å². The Morgan fingerprint density at radius 2 is 1.87 bits per heavy atom. The Bertz CT molecular complexity index is 801. The summed E-state index contributed by atoms with van der Waals surface area (Å²) in [5, 5.41) is 2.98. The number of para-hydroxylation sites is 1. The van der Waals surface area contributed by atoms with Gasteiger partial charge in [-0.2, -0.15) is 0 Å². The van der Waals surface area contributed by atoms with E-state index in [1.807, 2.05) is 31.2 Å². The van der Waals surface area contributed by atoms with Gasteiger partial charge in [0, 0.05) is 35.6 Å². The van der Waals surface area contributed by atoms with Gasteiger partial charge in [-0.1, -0.05) is 30.3 Å². The highest BCUT2D eigenvalue weighted by Crippen LogP contribution is 2.35. The average Bonchev–Trinajstić information content (AvgIpc) is 3.17. The molecule has 2 aliphatic heterocycles. The van der Waals surface area contributed by atoms with Crippen molar-refractivity contribution in [3.63, 3.8) is 0 Å². The number of nitrogens with zero attached hydrogens (tertiary/aromatic N) is 1. The summed E-state index contributed by atoms with van der Waals surface area (Å²) in [5.41, 5.74) is 6.17. The van der Waals surface area contributed by atoms with Gasteiger partial charge in [0.1, 0.15) is 0 Å². The Labute approximate surface area is 136 Å². The molecule has 0 atom stereocenters. The second kappa shape index (κ2) is 5.58. The van der Waals surface area contributed by atoms with Crippen molar-refractivity contribution in [3.05, 3.63) is 59.2 Å². The lowest BCUT2D eigenvalue weighted by Gasteiger charge is -2.20.